The topological polar surface area (TPSA) is 103 Å². The summed E-state index contributed by atoms with van der Waals surface area (Å²) in [6.45, 7) is 0.473. The number of urea groups is 1. The molecule has 0 saturated carbocycles. The van der Waals surface area contributed by atoms with Gasteiger partial charge in [-0.05, 0) is 53.1 Å². The summed E-state index contributed by atoms with van der Waals surface area (Å²) in [7, 11) is 0. The first-order chi connectivity index (χ1) is 14.7. The molecule has 2 aromatic heterocycles. The fourth-order valence-corrected chi connectivity index (χ4v) is 3.32. The van der Waals surface area contributed by atoms with Crippen LogP contribution in [-0.2, 0) is 6.42 Å². The fraction of sp³-hybridized carbons (Fsp3) is 0.150. The maximum Gasteiger partial charge on any atom is 0.319 e. The predicted octanol–water partition coefficient (Wildman–Crippen LogP) is 2.93. The molecule has 9 nitrogen and oxygen atoms in total. The van der Waals surface area contributed by atoms with E-state index in [1.807, 2.05) is 77.8 Å². The van der Waals surface area contributed by atoms with E-state index in [1.165, 1.54) is 11.8 Å². The van der Waals surface area contributed by atoms with Crippen LogP contribution in [0.15, 0.2) is 72.0 Å². The summed E-state index contributed by atoms with van der Waals surface area (Å²) < 4.78 is 3.44. The molecule has 30 heavy (non-hydrogen) atoms. The van der Waals surface area contributed by atoms with E-state index in [0.717, 1.165) is 17.1 Å². The Labute approximate surface area is 177 Å². The molecule has 2 amide bonds. The van der Waals surface area contributed by atoms with Crippen LogP contribution >= 0.6 is 11.8 Å². The molecule has 2 aromatic carbocycles. The molecule has 0 aliphatic carbocycles. The van der Waals surface area contributed by atoms with E-state index in [0.29, 0.717) is 23.8 Å². The first-order valence-electron chi connectivity index (χ1n) is 9.30. The summed E-state index contributed by atoms with van der Waals surface area (Å²) in [6.07, 6.45) is 4.45. The molecule has 0 aliphatic rings. The van der Waals surface area contributed by atoms with Crippen molar-refractivity contribution in [1.82, 2.24) is 35.3 Å². The summed E-state index contributed by atoms with van der Waals surface area (Å²) in [4.78, 5) is 12.3. The van der Waals surface area contributed by atoms with Crippen LogP contribution in [0, 0.1) is 0 Å². The minimum Gasteiger partial charge on any atom is -0.337 e. The van der Waals surface area contributed by atoms with Gasteiger partial charge in [0.2, 0.25) is 5.16 Å². The van der Waals surface area contributed by atoms with Gasteiger partial charge >= 0.3 is 6.03 Å². The number of nitrogens with one attached hydrogen (secondary N) is 2. The third kappa shape index (κ3) is 4.66. The number of hydrogen-bond acceptors (Lipinski definition) is 6. The molecular weight excluding hydrogens is 400 g/mol. The second-order valence-corrected chi connectivity index (χ2v) is 7.12. The molecule has 0 atom stereocenters. The Bertz CT molecular complexity index is 1120. The van der Waals surface area contributed by atoms with Gasteiger partial charge in [-0.25, -0.2) is 9.48 Å². The zero-order valence-corrected chi connectivity index (χ0v) is 17.1. The molecule has 2 N–H and O–H groups in total. The molecule has 0 unspecified atom stereocenters. The molecule has 0 fully saturated rings. The van der Waals surface area contributed by atoms with E-state index >= 15 is 0 Å². The number of rotatable bonds is 7. The number of hydrogen-bond donors (Lipinski definition) is 2. The number of para-hydroxylation sites is 1. The summed E-state index contributed by atoms with van der Waals surface area (Å²) in [5.74, 6) is 0. The van der Waals surface area contributed by atoms with Crippen LogP contribution < -0.4 is 10.6 Å². The number of tetrazole rings is 1. The Hall–Kier alpha value is -3.66. The van der Waals surface area contributed by atoms with Gasteiger partial charge in [0, 0.05) is 24.8 Å². The van der Waals surface area contributed by atoms with Gasteiger partial charge in [0.25, 0.3) is 0 Å². The first-order valence-corrected chi connectivity index (χ1v) is 10.5. The highest BCUT2D eigenvalue weighted by Crippen LogP contribution is 2.18. The molecule has 0 saturated heterocycles. The number of carbonyl (C=O) groups is 1. The second-order valence-electron chi connectivity index (χ2n) is 6.35. The van der Waals surface area contributed by atoms with Crippen LogP contribution in [0.1, 0.15) is 5.69 Å². The lowest BCUT2D eigenvalue weighted by atomic mass is 10.3. The molecule has 0 bridgehead atoms. The molecule has 0 aliphatic heterocycles. The van der Waals surface area contributed by atoms with E-state index in [2.05, 4.69) is 31.3 Å². The molecule has 152 valence electrons. The fourth-order valence-electron chi connectivity index (χ4n) is 2.88. The number of thioether (sulfide) groups is 1. The maximum absolute atomic E-state index is 12.3. The van der Waals surface area contributed by atoms with Gasteiger partial charge in [-0.15, -0.1) is 5.10 Å². The minimum absolute atomic E-state index is 0.281. The molecule has 4 rings (SSSR count). The van der Waals surface area contributed by atoms with Crippen LogP contribution in [0.25, 0.3) is 11.4 Å². The number of aromatic nitrogens is 6. The number of benzene rings is 2. The predicted molar refractivity (Wildman–Crippen MR) is 115 cm³/mol. The maximum atomic E-state index is 12.3. The first kappa shape index (κ1) is 19.6. The van der Waals surface area contributed by atoms with E-state index in [9.17, 15) is 4.79 Å². The average molecular weight is 421 g/mol. The molecule has 0 radical (unpaired) electrons. The monoisotopic (exact) mass is 420 g/mol. The van der Waals surface area contributed by atoms with E-state index in [1.54, 1.807) is 4.68 Å². The summed E-state index contributed by atoms with van der Waals surface area (Å²) in [5.41, 5.74) is 3.33. The highest BCUT2D eigenvalue weighted by molar-refractivity contribution is 7.98. The summed E-state index contributed by atoms with van der Waals surface area (Å²) in [5, 5.41) is 22.5. The average Bonchev–Trinajstić information content (AvgIpc) is 3.44. The van der Waals surface area contributed by atoms with Crippen molar-refractivity contribution in [2.75, 3.05) is 18.1 Å². The Morgan fingerprint density at radius 2 is 1.90 bits per heavy atom. The van der Waals surface area contributed by atoms with Crippen LogP contribution in [0.5, 0.6) is 0 Å². The Kier molecular flexibility index (Phi) is 6.04. The van der Waals surface area contributed by atoms with Gasteiger partial charge in [0.1, 0.15) is 0 Å². The zero-order chi connectivity index (χ0) is 20.8. The molecule has 0 spiro atoms. The second kappa shape index (κ2) is 9.23. The molecule has 10 heteroatoms. The van der Waals surface area contributed by atoms with Crippen molar-refractivity contribution in [1.29, 1.82) is 0 Å². The highest BCUT2D eigenvalue weighted by Gasteiger charge is 2.09. The van der Waals surface area contributed by atoms with Crippen molar-refractivity contribution in [2.45, 2.75) is 11.6 Å². The van der Waals surface area contributed by atoms with Crippen LogP contribution in [0.4, 0.5) is 10.5 Å². The Morgan fingerprint density at radius 1 is 1.07 bits per heavy atom. The third-order valence-corrected chi connectivity index (χ3v) is 4.92. The lowest BCUT2D eigenvalue weighted by Crippen LogP contribution is -2.30. The van der Waals surface area contributed by atoms with E-state index < -0.39 is 0 Å². The van der Waals surface area contributed by atoms with Crippen LogP contribution in [0.2, 0.25) is 0 Å². The highest BCUT2D eigenvalue weighted by atomic mass is 32.2. The van der Waals surface area contributed by atoms with Gasteiger partial charge in [-0.2, -0.15) is 9.78 Å². The largest absolute Gasteiger partial charge is 0.337 e. The van der Waals surface area contributed by atoms with E-state index in [4.69, 9.17) is 0 Å². The quantitative estimate of drug-likeness (QED) is 0.446. The third-order valence-electron chi connectivity index (χ3n) is 4.30. The van der Waals surface area contributed by atoms with Crippen molar-refractivity contribution in [3.8, 4) is 11.4 Å². The van der Waals surface area contributed by atoms with Crippen molar-refractivity contribution in [3.05, 3.63) is 72.6 Å². The van der Waals surface area contributed by atoms with Gasteiger partial charge < -0.3 is 10.6 Å². The number of amides is 2. The number of anilines is 1. The SMILES string of the molecule is CSc1nnnn1-c1cccc(NC(=O)NCCc2ccn(-c3ccccc3)n2)c1. The van der Waals surface area contributed by atoms with Gasteiger partial charge in [0.15, 0.2) is 0 Å². The van der Waals surface area contributed by atoms with Crippen molar-refractivity contribution < 1.29 is 4.79 Å². The standard InChI is InChI=1S/C20H20N8OS/c1-30-20-23-25-26-28(20)18-9-5-6-16(14-18)22-19(29)21-12-10-15-11-13-27(24-15)17-7-3-2-4-8-17/h2-9,11,13-14H,10,12H2,1H3,(H2,21,22,29). The molecular formula is C20H20N8OS. The molecule has 4 aromatic rings. The van der Waals surface area contributed by atoms with Gasteiger partial charge in [-0.3, -0.25) is 0 Å². The van der Waals surface area contributed by atoms with Crippen molar-refractivity contribution >= 4 is 23.5 Å². The Morgan fingerprint density at radius 3 is 2.73 bits per heavy atom. The summed E-state index contributed by atoms with van der Waals surface area (Å²) >= 11 is 1.45. The minimum atomic E-state index is -0.281. The zero-order valence-electron chi connectivity index (χ0n) is 16.3. The lowest BCUT2D eigenvalue weighted by molar-refractivity contribution is 0.252. The van der Waals surface area contributed by atoms with Crippen LogP contribution in [0.3, 0.4) is 0 Å². The summed E-state index contributed by atoms with van der Waals surface area (Å²) in [6, 6.07) is 18.9. The number of carbonyl (C=O) groups excluding carboxylic acids is 1. The van der Waals surface area contributed by atoms with Gasteiger partial charge in [0.05, 0.1) is 17.1 Å². The van der Waals surface area contributed by atoms with Crippen molar-refractivity contribution in [2.24, 2.45) is 0 Å². The smallest absolute Gasteiger partial charge is 0.319 e. The lowest BCUT2D eigenvalue weighted by Gasteiger charge is -2.09. The normalized spacial score (nSPS) is 10.7. The Balaban J connectivity index is 1.30. The van der Waals surface area contributed by atoms with Gasteiger partial charge in [-0.1, -0.05) is 36.0 Å². The number of nitrogens with zero attached hydrogens (tertiary/aromatic N) is 6. The van der Waals surface area contributed by atoms with E-state index in [-0.39, 0.29) is 6.03 Å². The van der Waals surface area contributed by atoms with Crippen molar-refractivity contribution in [3.63, 3.8) is 0 Å². The molecule has 2 heterocycles. The van der Waals surface area contributed by atoms with Crippen LogP contribution in [-0.4, -0.2) is 48.8 Å².